The van der Waals surface area contributed by atoms with Gasteiger partial charge in [0, 0.05) is 37.9 Å². The number of rotatable bonds is 4. The number of hydrogen-bond donors (Lipinski definition) is 1. The highest BCUT2D eigenvalue weighted by Crippen LogP contribution is 2.24. The number of benzene rings is 2. The second kappa shape index (κ2) is 6.55. The Kier molecular flexibility index (Phi) is 4.09. The summed E-state index contributed by atoms with van der Waals surface area (Å²) >= 11 is 0. The molecule has 0 unspecified atom stereocenters. The van der Waals surface area contributed by atoms with E-state index in [1.54, 1.807) is 6.07 Å². The predicted molar refractivity (Wildman–Crippen MR) is 97.6 cm³/mol. The van der Waals surface area contributed by atoms with Crippen LogP contribution in [-0.4, -0.2) is 52.9 Å². The number of carbonyl (C=O) groups excluding carboxylic acids is 1. The molecule has 1 fully saturated rings. The second-order valence-electron chi connectivity index (χ2n) is 6.65. The first-order valence-corrected chi connectivity index (χ1v) is 8.57. The van der Waals surface area contributed by atoms with Crippen molar-refractivity contribution in [2.45, 2.75) is 6.42 Å². The van der Waals surface area contributed by atoms with Crippen molar-refractivity contribution in [2.24, 2.45) is 5.92 Å². The number of aromatic amines is 1. The van der Waals surface area contributed by atoms with Crippen molar-refractivity contribution in [1.29, 1.82) is 0 Å². The van der Waals surface area contributed by atoms with Crippen LogP contribution in [0.3, 0.4) is 0 Å². The molecule has 3 aromatic rings. The molecule has 25 heavy (non-hydrogen) atoms. The Labute approximate surface area is 146 Å². The van der Waals surface area contributed by atoms with Crippen molar-refractivity contribution in [2.75, 3.05) is 31.6 Å². The first kappa shape index (κ1) is 15.6. The molecular formula is C19H21N5O. The Bertz CT molecular complexity index is 876. The van der Waals surface area contributed by atoms with Crippen molar-refractivity contribution in [3.05, 3.63) is 54.1 Å². The number of fused-ring (bicyclic) bond motifs is 1. The fourth-order valence-corrected chi connectivity index (χ4v) is 3.52. The minimum atomic E-state index is 0.0306. The number of aromatic nitrogens is 3. The van der Waals surface area contributed by atoms with Crippen LogP contribution in [0.5, 0.6) is 0 Å². The number of para-hydroxylation sites is 1. The van der Waals surface area contributed by atoms with Crippen molar-refractivity contribution in [3.8, 4) is 0 Å². The number of anilines is 1. The molecule has 1 amide bonds. The summed E-state index contributed by atoms with van der Waals surface area (Å²) in [4.78, 5) is 16.9. The van der Waals surface area contributed by atoms with E-state index in [0.29, 0.717) is 11.5 Å². The molecule has 0 bridgehead atoms. The number of nitrogens with zero attached hydrogens (tertiary/aromatic N) is 4. The molecule has 2 aromatic carbocycles. The number of hydrogen-bond acceptors (Lipinski definition) is 4. The SMILES string of the molecule is CN(C[C@H]1CCN(c2ccccc2)C1)C(=O)c1ccc2n[nH]nc2c1. The second-order valence-corrected chi connectivity index (χ2v) is 6.65. The van der Waals surface area contributed by atoms with Crippen molar-refractivity contribution < 1.29 is 4.79 Å². The monoisotopic (exact) mass is 335 g/mol. The van der Waals surface area contributed by atoms with Gasteiger partial charge in [-0.2, -0.15) is 15.4 Å². The van der Waals surface area contributed by atoms with Crippen molar-refractivity contribution >= 4 is 22.6 Å². The molecule has 6 nitrogen and oxygen atoms in total. The van der Waals surface area contributed by atoms with Gasteiger partial charge < -0.3 is 9.80 Å². The van der Waals surface area contributed by atoms with Crippen LogP contribution in [0.15, 0.2) is 48.5 Å². The molecule has 0 spiro atoms. The molecule has 1 aliphatic rings. The average Bonchev–Trinajstić information content (AvgIpc) is 3.30. The van der Waals surface area contributed by atoms with Gasteiger partial charge in [0.25, 0.3) is 5.91 Å². The molecule has 1 atom stereocenters. The Morgan fingerprint density at radius 3 is 2.84 bits per heavy atom. The number of carbonyl (C=O) groups is 1. The molecule has 0 radical (unpaired) electrons. The zero-order valence-electron chi connectivity index (χ0n) is 14.2. The van der Waals surface area contributed by atoms with Crippen molar-refractivity contribution in [1.82, 2.24) is 20.3 Å². The summed E-state index contributed by atoms with van der Waals surface area (Å²) in [6.07, 6.45) is 1.11. The van der Waals surface area contributed by atoms with Gasteiger partial charge in [-0.05, 0) is 42.7 Å². The van der Waals surface area contributed by atoms with Gasteiger partial charge in [-0.15, -0.1) is 0 Å². The summed E-state index contributed by atoms with van der Waals surface area (Å²) in [5, 5.41) is 10.7. The summed E-state index contributed by atoms with van der Waals surface area (Å²) in [5.74, 6) is 0.521. The molecule has 6 heteroatoms. The van der Waals surface area contributed by atoms with Gasteiger partial charge in [-0.25, -0.2) is 0 Å². The molecule has 0 aliphatic carbocycles. The third-order valence-corrected chi connectivity index (χ3v) is 4.85. The third-order valence-electron chi connectivity index (χ3n) is 4.85. The van der Waals surface area contributed by atoms with Gasteiger partial charge >= 0.3 is 0 Å². The van der Waals surface area contributed by atoms with Gasteiger partial charge in [0.2, 0.25) is 0 Å². The smallest absolute Gasteiger partial charge is 0.253 e. The van der Waals surface area contributed by atoms with Crippen LogP contribution < -0.4 is 4.90 Å². The van der Waals surface area contributed by atoms with E-state index >= 15 is 0 Å². The Morgan fingerprint density at radius 2 is 2.00 bits per heavy atom. The number of amides is 1. The summed E-state index contributed by atoms with van der Waals surface area (Å²) in [5.41, 5.74) is 3.40. The Morgan fingerprint density at radius 1 is 1.20 bits per heavy atom. The zero-order chi connectivity index (χ0) is 17.2. The Balaban J connectivity index is 1.40. The van der Waals surface area contributed by atoms with Gasteiger partial charge in [-0.1, -0.05) is 18.2 Å². The van der Waals surface area contributed by atoms with E-state index in [0.717, 1.165) is 37.1 Å². The lowest BCUT2D eigenvalue weighted by molar-refractivity contribution is 0.0776. The van der Waals surface area contributed by atoms with E-state index in [1.165, 1.54) is 5.69 Å². The highest BCUT2D eigenvalue weighted by Gasteiger charge is 2.25. The third kappa shape index (κ3) is 3.20. The van der Waals surface area contributed by atoms with Crippen LogP contribution in [0.2, 0.25) is 0 Å². The fraction of sp³-hybridized carbons (Fsp3) is 0.316. The lowest BCUT2D eigenvalue weighted by atomic mass is 10.1. The molecule has 4 rings (SSSR count). The van der Waals surface area contributed by atoms with Gasteiger partial charge in [0.15, 0.2) is 0 Å². The normalized spacial score (nSPS) is 17.2. The predicted octanol–water partition coefficient (Wildman–Crippen LogP) is 2.56. The van der Waals surface area contributed by atoms with Crippen LogP contribution in [0.25, 0.3) is 11.0 Å². The van der Waals surface area contributed by atoms with E-state index in [4.69, 9.17) is 0 Å². The topological polar surface area (TPSA) is 65.1 Å². The summed E-state index contributed by atoms with van der Waals surface area (Å²) < 4.78 is 0. The Hall–Kier alpha value is -2.89. The fourth-order valence-electron chi connectivity index (χ4n) is 3.52. The molecule has 1 saturated heterocycles. The quantitative estimate of drug-likeness (QED) is 0.796. The molecular weight excluding hydrogens is 314 g/mol. The van der Waals surface area contributed by atoms with Crippen LogP contribution in [0.1, 0.15) is 16.8 Å². The molecule has 1 N–H and O–H groups in total. The summed E-state index contributed by atoms with van der Waals surface area (Å²) in [6.45, 7) is 2.80. The molecule has 1 aromatic heterocycles. The van der Waals surface area contributed by atoms with E-state index in [-0.39, 0.29) is 5.91 Å². The average molecular weight is 335 g/mol. The van der Waals surface area contributed by atoms with Crippen LogP contribution in [0, 0.1) is 5.92 Å². The van der Waals surface area contributed by atoms with Gasteiger partial charge in [0.05, 0.1) is 0 Å². The van der Waals surface area contributed by atoms with E-state index in [9.17, 15) is 4.79 Å². The van der Waals surface area contributed by atoms with E-state index in [2.05, 4.69) is 44.6 Å². The molecule has 0 saturated carbocycles. The number of H-pyrrole nitrogens is 1. The lowest BCUT2D eigenvalue weighted by Gasteiger charge is -2.22. The molecule has 1 aliphatic heterocycles. The van der Waals surface area contributed by atoms with E-state index in [1.807, 2.05) is 30.1 Å². The highest BCUT2D eigenvalue weighted by molar-refractivity contribution is 5.97. The minimum absolute atomic E-state index is 0.0306. The maximum atomic E-state index is 12.7. The van der Waals surface area contributed by atoms with Crippen molar-refractivity contribution in [3.63, 3.8) is 0 Å². The van der Waals surface area contributed by atoms with Gasteiger partial charge in [-0.3, -0.25) is 4.79 Å². The maximum Gasteiger partial charge on any atom is 0.253 e. The van der Waals surface area contributed by atoms with Crippen LogP contribution in [-0.2, 0) is 0 Å². The summed E-state index contributed by atoms with van der Waals surface area (Å²) in [7, 11) is 1.88. The van der Waals surface area contributed by atoms with E-state index < -0.39 is 0 Å². The van der Waals surface area contributed by atoms with Crippen LogP contribution in [0.4, 0.5) is 5.69 Å². The first-order chi connectivity index (χ1) is 12.2. The molecule has 2 heterocycles. The molecule has 128 valence electrons. The largest absolute Gasteiger partial charge is 0.371 e. The van der Waals surface area contributed by atoms with Crippen LogP contribution >= 0.6 is 0 Å². The van der Waals surface area contributed by atoms with Gasteiger partial charge in [0.1, 0.15) is 11.0 Å². The first-order valence-electron chi connectivity index (χ1n) is 8.57. The standard InChI is InChI=1S/C19H21N5O/c1-23(19(25)15-7-8-17-18(11-15)21-22-20-17)12-14-9-10-24(13-14)16-5-3-2-4-6-16/h2-8,11,14H,9-10,12-13H2,1H3,(H,20,21,22)/t14-/m1/s1. The summed E-state index contributed by atoms with van der Waals surface area (Å²) in [6, 6.07) is 15.9. The zero-order valence-corrected chi connectivity index (χ0v) is 14.2. The number of nitrogens with one attached hydrogen (secondary N) is 1. The lowest BCUT2D eigenvalue weighted by Crippen LogP contribution is -2.33. The minimum Gasteiger partial charge on any atom is -0.371 e. The maximum absolute atomic E-state index is 12.7. The highest BCUT2D eigenvalue weighted by atomic mass is 16.2.